The summed E-state index contributed by atoms with van der Waals surface area (Å²) in [6, 6.07) is 6.66. The molecule has 3 aliphatic heterocycles. The van der Waals surface area contributed by atoms with E-state index in [0.717, 1.165) is 0 Å². The summed E-state index contributed by atoms with van der Waals surface area (Å²) in [5.41, 5.74) is 0.673. The maximum absolute atomic E-state index is 12.2. The van der Waals surface area contributed by atoms with Gasteiger partial charge >= 0.3 is 6.03 Å². The van der Waals surface area contributed by atoms with Crippen LogP contribution in [0.4, 0.5) is 10.5 Å². The molecule has 0 bridgehead atoms. The summed E-state index contributed by atoms with van der Waals surface area (Å²) in [6.45, 7) is 8.41. The lowest BCUT2D eigenvalue weighted by Gasteiger charge is -2.29. The normalized spacial score (nSPS) is 34.0. The Hall–Kier alpha value is -1.42. The highest BCUT2D eigenvalue weighted by atomic mass is 35.5. The summed E-state index contributed by atoms with van der Waals surface area (Å²) in [7, 11) is 0. The van der Waals surface area contributed by atoms with E-state index in [1.54, 1.807) is 24.3 Å². The Kier molecular flexibility index (Phi) is 6.00. The minimum Gasteiger partial charge on any atom is -0.348 e. The van der Waals surface area contributed by atoms with E-state index in [2.05, 4.69) is 10.6 Å². The van der Waals surface area contributed by atoms with Crippen molar-refractivity contribution in [3.8, 4) is 0 Å². The molecule has 3 heterocycles. The molecule has 3 saturated heterocycles. The maximum Gasteiger partial charge on any atom is 0.319 e. The van der Waals surface area contributed by atoms with Crippen molar-refractivity contribution in [2.45, 2.75) is 70.3 Å². The first-order valence-corrected chi connectivity index (χ1v) is 10.6. The molecule has 0 aliphatic carbocycles. The van der Waals surface area contributed by atoms with Gasteiger partial charge in [-0.25, -0.2) is 4.79 Å². The number of rotatable bonds is 5. The van der Waals surface area contributed by atoms with Crippen LogP contribution in [0.2, 0.25) is 5.02 Å². The Morgan fingerprint density at radius 3 is 2.47 bits per heavy atom. The Labute approximate surface area is 181 Å². The van der Waals surface area contributed by atoms with Crippen molar-refractivity contribution in [1.29, 1.82) is 0 Å². The zero-order chi connectivity index (χ0) is 21.5. The number of carbonyl (C=O) groups excluding carboxylic acids is 1. The second kappa shape index (κ2) is 8.26. The Balaban J connectivity index is 1.35. The molecule has 166 valence electrons. The van der Waals surface area contributed by atoms with Gasteiger partial charge in [0.15, 0.2) is 17.9 Å². The molecular formula is C21H29ClN2O6. The number of benzene rings is 1. The number of hydrogen-bond donors (Lipinski definition) is 2. The van der Waals surface area contributed by atoms with Crippen molar-refractivity contribution in [2.75, 3.05) is 18.5 Å². The van der Waals surface area contributed by atoms with Crippen molar-refractivity contribution in [2.24, 2.45) is 5.92 Å². The highest BCUT2D eigenvalue weighted by Gasteiger charge is 2.57. The summed E-state index contributed by atoms with van der Waals surface area (Å²) in [5, 5.41) is 6.30. The monoisotopic (exact) mass is 440 g/mol. The standard InChI is InChI=1S/C21H29ClN2O6/c1-20(2)26-11-15(28-20)16-14(17-18(27-16)30-21(3,4)29-17)9-10-23-19(25)24-13-7-5-12(22)6-8-13/h5-8,14-18H,9-11H2,1-4H3,(H2,23,24,25)/t14-,15?,16+,17-,18-/m1/s1. The lowest BCUT2D eigenvalue weighted by molar-refractivity contribution is -0.227. The summed E-state index contributed by atoms with van der Waals surface area (Å²) in [4.78, 5) is 12.2. The van der Waals surface area contributed by atoms with Crippen molar-refractivity contribution in [3.05, 3.63) is 29.3 Å². The van der Waals surface area contributed by atoms with Crippen LogP contribution in [0.25, 0.3) is 0 Å². The van der Waals surface area contributed by atoms with E-state index in [0.29, 0.717) is 30.3 Å². The summed E-state index contributed by atoms with van der Waals surface area (Å²) < 4.78 is 29.9. The molecule has 3 fully saturated rings. The third-order valence-electron chi connectivity index (χ3n) is 5.49. The van der Waals surface area contributed by atoms with E-state index in [1.165, 1.54) is 0 Å². The largest absolute Gasteiger partial charge is 0.348 e. The van der Waals surface area contributed by atoms with Gasteiger partial charge in [-0.15, -0.1) is 0 Å². The molecule has 30 heavy (non-hydrogen) atoms. The van der Waals surface area contributed by atoms with E-state index < -0.39 is 17.9 Å². The van der Waals surface area contributed by atoms with Crippen LogP contribution in [-0.4, -0.2) is 55.4 Å². The van der Waals surface area contributed by atoms with Crippen LogP contribution < -0.4 is 10.6 Å². The summed E-state index contributed by atoms with van der Waals surface area (Å²) >= 11 is 5.87. The predicted octanol–water partition coefficient (Wildman–Crippen LogP) is 3.50. The average Bonchev–Trinajstić information content (AvgIpc) is 3.26. The van der Waals surface area contributed by atoms with Gasteiger partial charge in [-0.05, 0) is 58.4 Å². The zero-order valence-electron chi connectivity index (χ0n) is 17.6. The Bertz CT molecular complexity index is 771. The second-order valence-electron chi connectivity index (χ2n) is 8.78. The molecule has 8 nitrogen and oxygen atoms in total. The molecule has 5 atom stereocenters. The minimum atomic E-state index is -0.704. The number of urea groups is 1. The van der Waals surface area contributed by atoms with Crippen LogP contribution in [-0.2, 0) is 23.7 Å². The fourth-order valence-corrected chi connectivity index (χ4v) is 4.35. The number of amides is 2. The number of anilines is 1. The molecule has 2 amide bonds. The molecular weight excluding hydrogens is 412 g/mol. The molecule has 1 unspecified atom stereocenters. The number of nitrogens with one attached hydrogen (secondary N) is 2. The number of carbonyl (C=O) groups is 1. The fourth-order valence-electron chi connectivity index (χ4n) is 4.23. The van der Waals surface area contributed by atoms with Gasteiger partial charge in [-0.2, -0.15) is 0 Å². The van der Waals surface area contributed by atoms with Crippen molar-refractivity contribution in [3.63, 3.8) is 0 Å². The smallest absolute Gasteiger partial charge is 0.319 e. The van der Waals surface area contributed by atoms with E-state index >= 15 is 0 Å². The van der Waals surface area contributed by atoms with E-state index in [-0.39, 0.29) is 30.3 Å². The van der Waals surface area contributed by atoms with Gasteiger partial charge < -0.3 is 34.3 Å². The van der Waals surface area contributed by atoms with Gasteiger partial charge in [0.2, 0.25) is 0 Å². The molecule has 3 aliphatic rings. The van der Waals surface area contributed by atoms with Gasteiger partial charge in [0.05, 0.1) is 12.7 Å². The number of fused-ring (bicyclic) bond motifs is 1. The second-order valence-corrected chi connectivity index (χ2v) is 9.21. The van der Waals surface area contributed by atoms with Crippen molar-refractivity contribution >= 4 is 23.3 Å². The third-order valence-corrected chi connectivity index (χ3v) is 5.74. The van der Waals surface area contributed by atoms with Crippen LogP contribution in [0.5, 0.6) is 0 Å². The summed E-state index contributed by atoms with van der Waals surface area (Å²) in [6.07, 6.45) is -0.476. The summed E-state index contributed by atoms with van der Waals surface area (Å²) in [5.74, 6) is -1.35. The van der Waals surface area contributed by atoms with Crippen molar-refractivity contribution < 1.29 is 28.5 Å². The van der Waals surface area contributed by atoms with Gasteiger partial charge in [0, 0.05) is 23.2 Å². The van der Waals surface area contributed by atoms with Crippen LogP contribution in [0.3, 0.4) is 0 Å². The minimum absolute atomic E-state index is 0.00453. The maximum atomic E-state index is 12.2. The zero-order valence-corrected chi connectivity index (χ0v) is 18.4. The molecule has 0 radical (unpaired) electrons. The molecule has 0 aromatic heterocycles. The quantitative estimate of drug-likeness (QED) is 0.728. The highest BCUT2D eigenvalue weighted by molar-refractivity contribution is 6.30. The predicted molar refractivity (Wildman–Crippen MR) is 110 cm³/mol. The molecule has 4 rings (SSSR count). The Morgan fingerprint density at radius 2 is 1.80 bits per heavy atom. The molecule has 2 N–H and O–H groups in total. The van der Waals surface area contributed by atoms with E-state index in [1.807, 2.05) is 27.7 Å². The SMILES string of the molecule is CC1(C)OCC([C@H]2O[C@@H]3OC(C)(C)O[C@@H]3[C@@H]2CCNC(=O)Nc2ccc(Cl)cc2)O1. The number of halogens is 1. The highest BCUT2D eigenvalue weighted by Crippen LogP contribution is 2.44. The Morgan fingerprint density at radius 1 is 1.07 bits per heavy atom. The molecule has 9 heteroatoms. The lowest BCUT2D eigenvalue weighted by Crippen LogP contribution is -2.41. The average molecular weight is 441 g/mol. The van der Waals surface area contributed by atoms with Crippen LogP contribution in [0, 0.1) is 5.92 Å². The van der Waals surface area contributed by atoms with E-state index in [9.17, 15) is 4.79 Å². The van der Waals surface area contributed by atoms with Gasteiger partial charge in [-0.1, -0.05) is 11.6 Å². The van der Waals surface area contributed by atoms with Gasteiger partial charge in [0.1, 0.15) is 12.2 Å². The van der Waals surface area contributed by atoms with Crippen LogP contribution in [0.1, 0.15) is 34.1 Å². The van der Waals surface area contributed by atoms with Crippen LogP contribution in [0.15, 0.2) is 24.3 Å². The number of hydrogen-bond acceptors (Lipinski definition) is 6. The van der Waals surface area contributed by atoms with Gasteiger partial charge in [-0.3, -0.25) is 0 Å². The molecule has 0 spiro atoms. The molecule has 0 saturated carbocycles. The first kappa shape index (κ1) is 21.8. The lowest BCUT2D eigenvalue weighted by atomic mass is 9.91. The van der Waals surface area contributed by atoms with Crippen LogP contribution >= 0.6 is 11.6 Å². The first-order valence-electron chi connectivity index (χ1n) is 10.3. The number of ether oxygens (including phenoxy) is 5. The molecule has 1 aromatic carbocycles. The van der Waals surface area contributed by atoms with E-state index in [4.69, 9.17) is 35.3 Å². The van der Waals surface area contributed by atoms with Crippen molar-refractivity contribution in [1.82, 2.24) is 5.32 Å². The first-order chi connectivity index (χ1) is 14.1. The third kappa shape index (κ3) is 4.90. The molecule has 1 aromatic rings. The van der Waals surface area contributed by atoms with Gasteiger partial charge in [0.25, 0.3) is 0 Å². The fraction of sp³-hybridized carbons (Fsp3) is 0.667. The topological polar surface area (TPSA) is 87.3 Å².